The zero-order valence-corrected chi connectivity index (χ0v) is 10.6. The lowest BCUT2D eigenvalue weighted by atomic mass is 10.1. The lowest BCUT2D eigenvalue weighted by molar-refractivity contribution is 0.256. The van der Waals surface area contributed by atoms with Gasteiger partial charge in [-0.05, 0) is 18.0 Å². The summed E-state index contributed by atoms with van der Waals surface area (Å²) in [5.74, 6) is 1.39. The smallest absolute Gasteiger partial charge is 0.212 e. The van der Waals surface area contributed by atoms with E-state index in [4.69, 9.17) is 4.74 Å². The van der Waals surface area contributed by atoms with Crippen LogP contribution in [-0.4, -0.2) is 43.2 Å². The molecule has 0 radical (unpaired) electrons. The highest BCUT2D eigenvalue weighted by Gasteiger charge is 2.14. The Hall–Kier alpha value is -1.13. The van der Waals surface area contributed by atoms with Gasteiger partial charge in [0, 0.05) is 38.4 Å². The van der Waals surface area contributed by atoms with Crippen molar-refractivity contribution in [3.8, 4) is 5.88 Å². The molecule has 0 bridgehead atoms. The van der Waals surface area contributed by atoms with Crippen LogP contribution >= 0.6 is 0 Å². The molecule has 1 aromatic heterocycles. The molecule has 4 nitrogen and oxygen atoms in total. The van der Waals surface area contributed by atoms with Gasteiger partial charge in [0.15, 0.2) is 0 Å². The first-order valence-electron chi connectivity index (χ1n) is 6.20. The number of rotatable bonds is 3. The first-order valence-corrected chi connectivity index (χ1v) is 6.20. The summed E-state index contributed by atoms with van der Waals surface area (Å²) in [5, 5.41) is 3.45. The Bertz CT molecular complexity index is 339. The molecule has 0 aliphatic carbocycles. The van der Waals surface area contributed by atoms with Gasteiger partial charge in [-0.2, -0.15) is 0 Å². The summed E-state index contributed by atoms with van der Waals surface area (Å²) in [7, 11) is 1.64. The molecule has 1 unspecified atom stereocenters. The van der Waals surface area contributed by atoms with Crippen LogP contribution in [0.5, 0.6) is 5.88 Å². The van der Waals surface area contributed by atoms with Crippen LogP contribution in [0.1, 0.15) is 12.5 Å². The Kier molecular flexibility index (Phi) is 4.34. The number of aromatic nitrogens is 1. The van der Waals surface area contributed by atoms with E-state index in [2.05, 4.69) is 28.2 Å². The van der Waals surface area contributed by atoms with Gasteiger partial charge in [-0.15, -0.1) is 0 Å². The van der Waals surface area contributed by atoms with Crippen LogP contribution in [0.25, 0.3) is 0 Å². The molecule has 1 aromatic rings. The van der Waals surface area contributed by atoms with E-state index in [1.165, 1.54) is 5.56 Å². The van der Waals surface area contributed by atoms with Crippen LogP contribution < -0.4 is 10.1 Å². The van der Waals surface area contributed by atoms with Gasteiger partial charge in [0.1, 0.15) is 0 Å². The molecule has 2 rings (SSSR count). The maximum absolute atomic E-state index is 5.06. The number of hydrogen-bond acceptors (Lipinski definition) is 4. The number of pyridine rings is 1. The average molecular weight is 235 g/mol. The third-order valence-corrected chi connectivity index (χ3v) is 3.08. The van der Waals surface area contributed by atoms with Crippen LogP contribution in [0.4, 0.5) is 0 Å². The SMILES string of the molecule is COc1ccc(CN2CCNCC(C)C2)cn1. The van der Waals surface area contributed by atoms with E-state index < -0.39 is 0 Å². The Labute approximate surface area is 103 Å². The Morgan fingerprint density at radius 3 is 3.12 bits per heavy atom. The fraction of sp³-hybridized carbons (Fsp3) is 0.615. The van der Waals surface area contributed by atoms with E-state index in [0.717, 1.165) is 32.7 Å². The monoisotopic (exact) mass is 235 g/mol. The third-order valence-electron chi connectivity index (χ3n) is 3.08. The normalized spacial score (nSPS) is 22.1. The quantitative estimate of drug-likeness (QED) is 0.852. The van der Waals surface area contributed by atoms with Gasteiger partial charge in [-0.25, -0.2) is 4.98 Å². The molecule has 0 amide bonds. The first-order chi connectivity index (χ1) is 8.28. The predicted octanol–water partition coefficient (Wildman–Crippen LogP) is 1.13. The summed E-state index contributed by atoms with van der Waals surface area (Å²) in [4.78, 5) is 6.72. The summed E-state index contributed by atoms with van der Waals surface area (Å²) >= 11 is 0. The molecule has 0 spiro atoms. The number of hydrogen-bond donors (Lipinski definition) is 1. The second-order valence-corrected chi connectivity index (χ2v) is 4.75. The molecule has 1 N–H and O–H groups in total. The maximum Gasteiger partial charge on any atom is 0.212 e. The van der Waals surface area contributed by atoms with Crippen molar-refractivity contribution >= 4 is 0 Å². The van der Waals surface area contributed by atoms with E-state index in [1.54, 1.807) is 7.11 Å². The standard InChI is InChI=1S/C13H21N3O/c1-11-7-14-5-6-16(9-11)10-12-3-4-13(17-2)15-8-12/h3-4,8,11,14H,5-7,9-10H2,1-2H3. The summed E-state index contributed by atoms with van der Waals surface area (Å²) in [5.41, 5.74) is 1.25. The van der Waals surface area contributed by atoms with E-state index in [-0.39, 0.29) is 0 Å². The molecule has 1 aliphatic heterocycles. The number of nitrogens with zero attached hydrogens (tertiary/aromatic N) is 2. The van der Waals surface area contributed by atoms with Crippen LogP contribution in [-0.2, 0) is 6.54 Å². The number of nitrogens with one attached hydrogen (secondary N) is 1. The van der Waals surface area contributed by atoms with Crippen LogP contribution in [0.3, 0.4) is 0 Å². The van der Waals surface area contributed by atoms with Crippen LogP contribution in [0.2, 0.25) is 0 Å². The van der Waals surface area contributed by atoms with Gasteiger partial charge in [0.25, 0.3) is 0 Å². The topological polar surface area (TPSA) is 37.4 Å². The van der Waals surface area contributed by atoms with Gasteiger partial charge < -0.3 is 10.1 Å². The highest BCUT2D eigenvalue weighted by Crippen LogP contribution is 2.11. The largest absolute Gasteiger partial charge is 0.481 e. The molecule has 17 heavy (non-hydrogen) atoms. The van der Waals surface area contributed by atoms with Gasteiger partial charge >= 0.3 is 0 Å². The van der Waals surface area contributed by atoms with Crippen molar-refractivity contribution in [2.24, 2.45) is 5.92 Å². The lowest BCUT2D eigenvalue weighted by Gasteiger charge is -2.21. The Morgan fingerprint density at radius 1 is 1.53 bits per heavy atom. The van der Waals surface area contributed by atoms with Gasteiger partial charge in [0.05, 0.1) is 7.11 Å². The minimum absolute atomic E-state index is 0.680. The van der Waals surface area contributed by atoms with Crippen molar-refractivity contribution in [2.45, 2.75) is 13.5 Å². The minimum atomic E-state index is 0.680. The van der Waals surface area contributed by atoms with Gasteiger partial charge in [0.2, 0.25) is 5.88 Å². The molecule has 1 fully saturated rings. The Morgan fingerprint density at radius 2 is 2.41 bits per heavy atom. The van der Waals surface area contributed by atoms with E-state index >= 15 is 0 Å². The second kappa shape index (κ2) is 5.98. The number of ether oxygens (including phenoxy) is 1. The van der Waals surface area contributed by atoms with E-state index in [9.17, 15) is 0 Å². The average Bonchev–Trinajstić information content (AvgIpc) is 2.55. The fourth-order valence-corrected chi connectivity index (χ4v) is 2.21. The summed E-state index contributed by atoms with van der Waals surface area (Å²) in [6, 6.07) is 4.02. The van der Waals surface area contributed by atoms with Crippen molar-refractivity contribution in [1.82, 2.24) is 15.2 Å². The minimum Gasteiger partial charge on any atom is -0.481 e. The lowest BCUT2D eigenvalue weighted by Crippen LogP contribution is -2.28. The number of methoxy groups -OCH3 is 1. The van der Waals surface area contributed by atoms with E-state index in [0.29, 0.717) is 11.8 Å². The fourth-order valence-electron chi connectivity index (χ4n) is 2.21. The van der Waals surface area contributed by atoms with Gasteiger partial charge in [-0.1, -0.05) is 13.0 Å². The zero-order chi connectivity index (χ0) is 12.1. The second-order valence-electron chi connectivity index (χ2n) is 4.75. The summed E-state index contributed by atoms with van der Waals surface area (Å²) in [6.07, 6.45) is 1.90. The summed E-state index contributed by atoms with van der Waals surface area (Å²) < 4.78 is 5.06. The molecular formula is C13H21N3O. The molecular weight excluding hydrogens is 214 g/mol. The molecule has 4 heteroatoms. The van der Waals surface area contributed by atoms with Crippen molar-refractivity contribution in [1.29, 1.82) is 0 Å². The maximum atomic E-state index is 5.06. The molecule has 1 atom stereocenters. The van der Waals surface area contributed by atoms with Crippen LogP contribution in [0.15, 0.2) is 18.3 Å². The molecule has 1 aliphatic rings. The molecule has 1 saturated heterocycles. The zero-order valence-electron chi connectivity index (χ0n) is 10.6. The first kappa shape index (κ1) is 12.3. The molecule has 0 saturated carbocycles. The Balaban J connectivity index is 1.94. The van der Waals surface area contributed by atoms with Crippen molar-refractivity contribution < 1.29 is 4.74 Å². The predicted molar refractivity (Wildman–Crippen MR) is 68.1 cm³/mol. The van der Waals surface area contributed by atoms with Crippen molar-refractivity contribution in [2.75, 3.05) is 33.3 Å². The van der Waals surface area contributed by atoms with Crippen molar-refractivity contribution in [3.05, 3.63) is 23.9 Å². The van der Waals surface area contributed by atoms with Crippen LogP contribution in [0, 0.1) is 5.92 Å². The van der Waals surface area contributed by atoms with Crippen molar-refractivity contribution in [3.63, 3.8) is 0 Å². The van der Waals surface area contributed by atoms with E-state index in [1.807, 2.05) is 12.3 Å². The molecule has 0 aromatic carbocycles. The highest BCUT2D eigenvalue weighted by atomic mass is 16.5. The highest BCUT2D eigenvalue weighted by molar-refractivity contribution is 5.17. The summed E-state index contributed by atoms with van der Waals surface area (Å²) in [6.45, 7) is 7.72. The third kappa shape index (κ3) is 3.68. The molecule has 94 valence electrons. The molecule has 2 heterocycles. The van der Waals surface area contributed by atoms with Gasteiger partial charge in [-0.3, -0.25) is 4.90 Å².